The average Bonchev–Trinajstić information content (AvgIpc) is 3.14. The van der Waals surface area contributed by atoms with E-state index in [9.17, 15) is 4.79 Å². The second-order valence-electron chi connectivity index (χ2n) is 5.42. The van der Waals surface area contributed by atoms with Gasteiger partial charge in [-0.15, -0.1) is 10.2 Å². The Labute approximate surface area is 140 Å². The van der Waals surface area contributed by atoms with E-state index in [2.05, 4.69) is 20.8 Å². The highest BCUT2D eigenvalue weighted by Crippen LogP contribution is 2.06. The van der Waals surface area contributed by atoms with Crippen LogP contribution >= 0.6 is 0 Å². The molecule has 0 aliphatic carbocycles. The van der Waals surface area contributed by atoms with Crippen LogP contribution in [-0.4, -0.2) is 33.8 Å². The van der Waals surface area contributed by atoms with Crippen molar-refractivity contribution in [1.82, 2.24) is 20.1 Å². The fourth-order valence-electron chi connectivity index (χ4n) is 2.22. The van der Waals surface area contributed by atoms with E-state index in [1.807, 2.05) is 72.4 Å². The van der Waals surface area contributed by atoms with Crippen LogP contribution in [0.25, 0.3) is 5.82 Å². The van der Waals surface area contributed by atoms with Gasteiger partial charge in [0, 0.05) is 31.0 Å². The maximum absolute atomic E-state index is 12.0. The van der Waals surface area contributed by atoms with Gasteiger partial charge < -0.3 is 15.2 Å². The van der Waals surface area contributed by atoms with Crippen LogP contribution in [0.4, 0.5) is 5.82 Å². The number of aromatic nitrogens is 3. The molecule has 2 heterocycles. The van der Waals surface area contributed by atoms with E-state index in [1.54, 1.807) is 0 Å². The number of benzene rings is 1. The van der Waals surface area contributed by atoms with Crippen LogP contribution in [0.1, 0.15) is 15.9 Å². The molecular formula is C18H19N5O. The number of aryl methyl sites for hydroxylation is 1. The SMILES string of the molecule is Cc1ccc(C(=O)NCCNc2ccc(-n3cccc3)nn2)cc1. The Morgan fingerprint density at radius 3 is 2.42 bits per heavy atom. The molecule has 0 saturated heterocycles. The fourth-order valence-corrected chi connectivity index (χ4v) is 2.22. The zero-order chi connectivity index (χ0) is 16.8. The Kier molecular flexibility index (Phi) is 4.86. The molecule has 24 heavy (non-hydrogen) atoms. The number of hydrogen-bond acceptors (Lipinski definition) is 4. The van der Waals surface area contributed by atoms with Gasteiger partial charge in [0.25, 0.3) is 5.91 Å². The molecule has 0 radical (unpaired) electrons. The lowest BCUT2D eigenvalue weighted by Crippen LogP contribution is -2.28. The number of carbonyl (C=O) groups is 1. The predicted octanol–water partition coefficient (Wildman–Crippen LogP) is 2.42. The van der Waals surface area contributed by atoms with Gasteiger partial charge in [0.05, 0.1) is 0 Å². The molecule has 0 spiro atoms. The number of nitrogens with zero attached hydrogens (tertiary/aromatic N) is 3. The van der Waals surface area contributed by atoms with Crippen molar-refractivity contribution in [1.29, 1.82) is 0 Å². The Balaban J connectivity index is 1.45. The molecule has 1 aromatic carbocycles. The lowest BCUT2D eigenvalue weighted by molar-refractivity contribution is 0.0955. The Morgan fingerprint density at radius 2 is 1.75 bits per heavy atom. The number of carbonyl (C=O) groups excluding carboxylic acids is 1. The first-order valence-corrected chi connectivity index (χ1v) is 7.78. The predicted molar refractivity (Wildman–Crippen MR) is 93.4 cm³/mol. The van der Waals surface area contributed by atoms with Crippen molar-refractivity contribution in [3.8, 4) is 5.82 Å². The van der Waals surface area contributed by atoms with Crippen LogP contribution < -0.4 is 10.6 Å². The maximum atomic E-state index is 12.0. The normalized spacial score (nSPS) is 10.4. The van der Waals surface area contributed by atoms with Crippen LogP contribution in [0, 0.1) is 6.92 Å². The minimum atomic E-state index is -0.0779. The highest BCUT2D eigenvalue weighted by atomic mass is 16.1. The smallest absolute Gasteiger partial charge is 0.251 e. The van der Waals surface area contributed by atoms with Gasteiger partial charge in [-0.1, -0.05) is 17.7 Å². The minimum Gasteiger partial charge on any atom is -0.367 e. The van der Waals surface area contributed by atoms with E-state index in [1.165, 1.54) is 0 Å². The monoisotopic (exact) mass is 321 g/mol. The number of nitrogens with one attached hydrogen (secondary N) is 2. The van der Waals surface area contributed by atoms with E-state index in [0.29, 0.717) is 24.5 Å². The summed E-state index contributed by atoms with van der Waals surface area (Å²) in [6.07, 6.45) is 3.83. The number of hydrogen-bond donors (Lipinski definition) is 2. The van der Waals surface area contributed by atoms with Crippen molar-refractivity contribution < 1.29 is 4.79 Å². The summed E-state index contributed by atoms with van der Waals surface area (Å²) in [5, 5.41) is 14.3. The molecule has 0 atom stereocenters. The third kappa shape index (κ3) is 3.98. The highest BCUT2D eigenvalue weighted by Gasteiger charge is 2.04. The van der Waals surface area contributed by atoms with Crippen molar-refractivity contribution in [3.63, 3.8) is 0 Å². The first-order valence-electron chi connectivity index (χ1n) is 7.78. The summed E-state index contributed by atoms with van der Waals surface area (Å²) in [6.45, 7) is 3.08. The molecule has 0 unspecified atom stereocenters. The molecule has 6 nitrogen and oxygen atoms in total. The second kappa shape index (κ2) is 7.41. The third-order valence-electron chi connectivity index (χ3n) is 3.55. The second-order valence-corrected chi connectivity index (χ2v) is 5.42. The Morgan fingerprint density at radius 1 is 1.00 bits per heavy atom. The molecule has 0 saturated carbocycles. The standard InChI is InChI=1S/C18H19N5O/c1-14-4-6-15(7-5-14)18(24)20-11-10-19-16-8-9-17(22-21-16)23-12-2-3-13-23/h2-9,12-13H,10-11H2,1H3,(H,19,21)(H,20,24). The van der Waals surface area contributed by atoms with E-state index >= 15 is 0 Å². The summed E-state index contributed by atoms with van der Waals surface area (Å²) in [5.41, 5.74) is 1.80. The van der Waals surface area contributed by atoms with E-state index < -0.39 is 0 Å². The molecule has 3 rings (SSSR count). The van der Waals surface area contributed by atoms with Crippen molar-refractivity contribution in [3.05, 3.63) is 72.1 Å². The van der Waals surface area contributed by atoms with E-state index in [4.69, 9.17) is 0 Å². The molecule has 122 valence electrons. The fraction of sp³-hybridized carbons (Fsp3) is 0.167. The molecule has 2 N–H and O–H groups in total. The van der Waals surface area contributed by atoms with Gasteiger partial charge in [0.15, 0.2) is 5.82 Å². The third-order valence-corrected chi connectivity index (χ3v) is 3.55. The van der Waals surface area contributed by atoms with Gasteiger partial charge in [0.1, 0.15) is 5.82 Å². The van der Waals surface area contributed by atoms with Crippen LogP contribution in [0.2, 0.25) is 0 Å². The van der Waals surface area contributed by atoms with Crippen LogP contribution in [0.5, 0.6) is 0 Å². The molecule has 0 aliphatic rings. The van der Waals surface area contributed by atoms with Gasteiger partial charge in [-0.2, -0.15) is 0 Å². The Bertz CT molecular complexity index is 779. The van der Waals surface area contributed by atoms with Gasteiger partial charge in [-0.05, 0) is 43.3 Å². The molecule has 2 aromatic heterocycles. The summed E-state index contributed by atoms with van der Waals surface area (Å²) in [4.78, 5) is 12.0. The molecule has 6 heteroatoms. The molecule has 0 bridgehead atoms. The molecular weight excluding hydrogens is 302 g/mol. The van der Waals surface area contributed by atoms with Gasteiger partial charge in [-0.25, -0.2) is 0 Å². The van der Waals surface area contributed by atoms with Crippen LogP contribution in [0.3, 0.4) is 0 Å². The van der Waals surface area contributed by atoms with Gasteiger partial charge >= 0.3 is 0 Å². The maximum Gasteiger partial charge on any atom is 0.251 e. The Hall–Kier alpha value is -3.15. The van der Waals surface area contributed by atoms with E-state index in [0.717, 1.165) is 11.4 Å². The van der Waals surface area contributed by atoms with Crippen LogP contribution in [-0.2, 0) is 0 Å². The summed E-state index contributed by atoms with van der Waals surface area (Å²) < 4.78 is 1.89. The quantitative estimate of drug-likeness (QED) is 0.684. The summed E-state index contributed by atoms with van der Waals surface area (Å²) >= 11 is 0. The summed E-state index contributed by atoms with van der Waals surface area (Å²) in [7, 11) is 0. The molecule has 3 aromatic rings. The van der Waals surface area contributed by atoms with Gasteiger partial charge in [-0.3, -0.25) is 4.79 Å². The number of rotatable bonds is 6. The van der Waals surface area contributed by atoms with Crippen molar-refractivity contribution in [2.75, 3.05) is 18.4 Å². The number of amides is 1. The minimum absolute atomic E-state index is 0.0779. The van der Waals surface area contributed by atoms with Crippen molar-refractivity contribution in [2.24, 2.45) is 0 Å². The number of anilines is 1. The topological polar surface area (TPSA) is 71.8 Å². The van der Waals surface area contributed by atoms with E-state index in [-0.39, 0.29) is 5.91 Å². The summed E-state index contributed by atoms with van der Waals surface area (Å²) in [5.74, 6) is 1.36. The molecule has 1 amide bonds. The average molecular weight is 321 g/mol. The highest BCUT2D eigenvalue weighted by molar-refractivity contribution is 5.94. The lowest BCUT2D eigenvalue weighted by Gasteiger charge is -2.08. The van der Waals surface area contributed by atoms with Crippen molar-refractivity contribution in [2.45, 2.75) is 6.92 Å². The first kappa shape index (κ1) is 15.7. The zero-order valence-electron chi connectivity index (χ0n) is 13.4. The lowest BCUT2D eigenvalue weighted by atomic mass is 10.1. The molecule has 0 fully saturated rings. The van der Waals surface area contributed by atoms with Gasteiger partial charge in [0.2, 0.25) is 0 Å². The molecule has 0 aliphatic heterocycles. The van der Waals surface area contributed by atoms with Crippen molar-refractivity contribution >= 4 is 11.7 Å². The largest absolute Gasteiger partial charge is 0.367 e. The van der Waals surface area contributed by atoms with Crippen LogP contribution in [0.15, 0.2) is 60.9 Å². The first-order chi connectivity index (χ1) is 11.7. The summed E-state index contributed by atoms with van der Waals surface area (Å²) in [6, 6.07) is 15.1. The zero-order valence-corrected chi connectivity index (χ0v) is 13.4.